The zero-order valence-corrected chi connectivity index (χ0v) is 11.6. The van der Waals surface area contributed by atoms with E-state index in [9.17, 15) is 4.79 Å². The number of carbonyl (C=O) groups excluding carboxylic acids is 1. The zero-order chi connectivity index (χ0) is 12.8. The second-order valence-corrected chi connectivity index (χ2v) is 4.38. The third-order valence-corrected chi connectivity index (χ3v) is 2.78. The number of nitrogens with zero attached hydrogens (tertiary/aromatic N) is 1. The number of oxime groups is 1. The Morgan fingerprint density at radius 2 is 2.12 bits per heavy atom. The van der Waals surface area contributed by atoms with Gasteiger partial charge < -0.3 is 9.57 Å². The van der Waals surface area contributed by atoms with Crippen molar-refractivity contribution in [1.82, 2.24) is 0 Å². The monoisotopic (exact) mass is 299 g/mol. The number of halogens is 1. The number of rotatable bonds is 4. The van der Waals surface area contributed by atoms with Gasteiger partial charge in [0.15, 0.2) is 5.71 Å². The minimum atomic E-state index is -0.480. The molecule has 92 valence electrons. The van der Waals surface area contributed by atoms with Crippen LogP contribution in [0.3, 0.4) is 0 Å². The molecule has 1 aromatic carbocycles. The number of hydrogen-bond donors (Lipinski definition) is 0. The van der Waals surface area contributed by atoms with Crippen molar-refractivity contribution in [2.45, 2.75) is 13.3 Å². The van der Waals surface area contributed by atoms with Crippen LogP contribution in [0.15, 0.2) is 27.8 Å². The van der Waals surface area contributed by atoms with E-state index in [0.29, 0.717) is 6.42 Å². The summed E-state index contributed by atoms with van der Waals surface area (Å²) in [5, 5.41) is 3.69. The maximum absolute atomic E-state index is 11.5. The largest absolute Gasteiger partial charge is 0.464 e. The summed E-state index contributed by atoms with van der Waals surface area (Å²) < 4.78 is 5.60. The van der Waals surface area contributed by atoms with Crippen molar-refractivity contribution >= 4 is 27.6 Å². The molecule has 0 saturated carbocycles. The highest BCUT2D eigenvalue weighted by molar-refractivity contribution is 9.10. The summed E-state index contributed by atoms with van der Waals surface area (Å²) in [5.41, 5.74) is 2.33. The third kappa shape index (κ3) is 3.85. The first-order valence-corrected chi connectivity index (χ1v) is 5.81. The number of esters is 1. The van der Waals surface area contributed by atoms with Crippen molar-refractivity contribution in [2.75, 3.05) is 14.2 Å². The summed E-state index contributed by atoms with van der Waals surface area (Å²) in [7, 11) is 2.72. The van der Waals surface area contributed by atoms with Gasteiger partial charge in [0, 0.05) is 10.9 Å². The Labute approximate surface area is 109 Å². The molecule has 0 radical (unpaired) electrons. The lowest BCUT2D eigenvalue weighted by Crippen LogP contribution is -2.19. The topological polar surface area (TPSA) is 47.9 Å². The van der Waals surface area contributed by atoms with Gasteiger partial charge >= 0.3 is 5.97 Å². The quantitative estimate of drug-likeness (QED) is 0.487. The summed E-state index contributed by atoms with van der Waals surface area (Å²) in [6.45, 7) is 1.98. The predicted octanol–water partition coefficient (Wildman–Crippen LogP) is 2.48. The zero-order valence-electron chi connectivity index (χ0n) is 9.99. The summed E-state index contributed by atoms with van der Waals surface area (Å²) in [5.74, 6) is -0.480. The molecule has 0 atom stereocenters. The molecule has 0 N–H and O–H groups in total. The van der Waals surface area contributed by atoms with E-state index in [1.54, 1.807) is 0 Å². The van der Waals surface area contributed by atoms with E-state index in [1.807, 2.05) is 25.1 Å². The van der Waals surface area contributed by atoms with E-state index in [0.717, 1.165) is 15.6 Å². The molecule has 0 aliphatic heterocycles. The van der Waals surface area contributed by atoms with E-state index in [1.165, 1.54) is 14.2 Å². The molecule has 0 saturated heterocycles. The molecule has 1 aromatic rings. The lowest BCUT2D eigenvalue weighted by Gasteiger charge is -2.07. The van der Waals surface area contributed by atoms with Crippen LogP contribution in [-0.4, -0.2) is 25.9 Å². The van der Waals surface area contributed by atoms with Crippen LogP contribution in [-0.2, 0) is 20.8 Å². The van der Waals surface area contributed by atoms with Crippen LogP contribution in [0.5, 0.6) is 0 Å². The average molecular weight is 300 g/mol. The third-order valence-electron chi connectivity index (χ3n) is 2.29. The SMILES string of the molecule is CO/N=C(/Cc1cc(Br)ccc1C)C(=O)OC. The van der Waals surface area contributed by atoms with Crippen molar-refractivity contribution in [3.63, 3.8) is 0 Å². The highest BCUT2D eigenvalue weighted by atomic mass is 79.9. The highest BCUT2D eigenvalue weighted by Crippen LogP contribution is 2.17. The second kappa shape index (κ2) is 6.39. The minimum Gasteiger partial charge on any atom is -0.464 e. The average Bonchev–Trinajstić information content (AvgIpc) is 2.32. The molecule has 0 aromatic heterocycles. The first kappa shape index (κ1) is 13.7. The van der Waals surface area contributed by atoms with Crippen molar-refractivity contribution < 1.29 is 14.4 Å². The summed E-state index contributed by atoms with van der Waals surface area (Å²) in [6, 6.07) is 5.87. The van der Waals surface area contributed by atoms with Gasteiger partial charge in [-0.15, -0.1) is 0 Å². The molecule has 1 rings (SSSR count). The molecule has 0 unspecified atom stereocenters. The van der Waals surface area contributed by atoms with E-state index in [2.05, 4.69) is 30.7 Å². The lowest BCUT2D eigenvalue weighted by molar-refractivity contribution is -0.133. The number of aryl methyl sites for hydroxylation is 1. The van der Waals surface area contributed by atoms with Crippen LogP contribution >= 0.6 is 15.9 Å². The number of hydrogen-bond acceptors (Lipinski definition) is 4. The van der Waals surface area contributed by atoms with E-state index in [-0.39, 0.29) is 5.71 Å². The van der Waals surface area contributed by atoms with Crippen LogP contribution in [0.2, 0.25) is 0 Å². The van der Waals surface area contributed by atoms with Crippen LogP contribution in [0.25, 0.3) is 0 Å². The van der Waals surface area contributed by atoms with Crippen molar-refractivity contribution in [2.24, 2.45) is 5.16 Å². The van der Waals surface area contributed by atoms with E-state index >= 15 is 0 Å². The Hall–Kier alpha value is -1.36. The number of carbonyl (C=O) groups is 1. The molecule has 4 nitrogen and oxygen atoms in total. The Bertz CT molecular complexity index is 443. The first-order valence-electron chi connectivity index (χ1n) is 5.02. The fraction of sp³-hybridized carbons (Fsp3) is 0.333. The second-order valence-electron chi connectivity index (χ2n) is 3.46. The molecule has 0 fully saturated rings. The molecule has 0 heterocycles. The highest BCUT2D eigenvalue weighted by Gasteiger charge is 2.15. The Kier molecular flexibility index (Phi) is 5.15. The van der Waals surface area contributed by atoms with E-state index < -0.39 is 5.97 Å². The Morgan fingerprint density at radius 1 is 1.41 bits per heavy atom. The van der Waals surface area contributed by atoms with Crippen LogP contribution in [0.4, 0.5) is 0 Å². The maximum Gasteiger partial charge on any atom is 0.356 e. The van der Waals surface area contributed by atoms with Gasteiger partial charge in [-0.2, -0.15) is 0 Å². The molecule has 0 aliphatic rings. The van der Waals surface area contributed by atoms with Crippen LogP contribution in [0.1, 0.15) is 11.1 Å². The fourth-order valence-corrected chi connectivity index (χ4v) is 1.79. The van der Waals surface area contributed by atoms with Gasteiger partial charge in [0.2, 0.25) is 0 Å². The molecule has 5 heteroatoms. The molecule has 0 spiro atoms. The van der Waals surface area contributed by atoms with Crippen molar-refractivity contribution in [3.8, 4) is 0 Å². The van der Waals surface area contributed by atoms with Gasteiger partial charge in [-0.1, -0.05) is 27.2 Å². The van der Waals surface area contributed by atoms with Gasteiger partial charge in [-0.25, -0.2) is 4.79 Å². The molecule has 0 amide bonds. The van der Waals surface area contributed by atoms with Crippen LogP contribution < -0.4 is 0 Å². The Balaban J connectivity index is 2.97. The maximum atomic E-state index is 11.5. The van der Waals surface area contributed by atoms with Gasteiger partial charge in [0.1, 0.15) is 7.11 Å². The molecule has 0 aliphatic carbocycles. The molecular formula is C12H14BrNO3. The predicted molar refractivity (Wildman–Crippen MR) is 69.0 cm³/mol. The van der Waals surface area contributed by atoms with Gasteiger partial charge in [-0.3, -0.25) is 0 Å². The van der Waals surface area contributed by atoms with Crippen molar-refractivity contribution in [3.05, 3.63) is 33.8 Å². The van der Waals surface area contributed by atoms with Gasteiger partial charge in [0.05, 0.1) is 7.11 Å². The summed E-state index contributed by atoms with van der Waals surface area (Å²) in [4.78, 5) is 16.1. The van der Waals surface area contributed by atoms with E-state index in [4.69, 9.17) is 0 Å². The van der Waals surface area contributed by atoms with Gasteiger partial charge in [0.25, 0.3) is 0 Å². The minimum absolute atomic E-state index is 0.246. The standard InChI is InChI=1S/C12H14BrNO3/c1-8-4-5-10(13)6-9(8)7-11(14-17-3)12(15)16-2/h4-6H,7H2,1-3H3/b14-11-. The fourth-order valence-electron chi connectivity index (χ4n) is 1.38. The number of ether oxygens (including phenoxy) is 1. The number of methoxy groups -OCH3 is 1. The number of benzene rings is 1. The normalized spacial score (nSPS) is 11.2. The molecule has 0 bridgehead atoms. The first-order chi connectivity index (χ1) is 8.08. The summed E-state index contributed by atoms with van der Waals surface area (Å²) in [6.07, 6.45) is 0.381. The van der Waals surface area contributed by atoms with Gasteiger partial charge in [-0.05, 0) is 30.2 Å². The van der Waals surface area contributed by atoms with Crippen molar-refractivity contribution in [1.29, 1.82) is 0 Å². The molecule has 17 heavy (non-hydrogen) atoms. The lowest BCUT2D eigenvalue weighted by atomic mass is 10.0. The summed E-state index contributed by atoms with van der Waals surface area (Å²) >= 11 is 3.39. The molecular weight excluding hydrogens is 286 g/mol. The van der Waals surface area contributed by atoms with Crippen LogP contribution in [0, 0.1) is 6.92 Å². The Morgan fingerprint density at radius 3 is 2.71 bits per heavy atom. The smallest absolute Gasteiger partial charge is 0.356 e.